The minimum atomic E-state index is 0. The Bertz CT molecular complexity index is 11.6. The molecule has 10 radical (unpaired) electrons. The first kappa shape index (κ1) is 32.7. The van der Waals surface area contributed by atoms with Gasteiger partial charge in [0.25, 0.3) is 0 Å². The van der Waals surface area contributed by atoms with Crippen LogP contribution in [0.2, 0.25) is 0 Å². The van der Waals surface area contributed by atoms with Gasteiger partial charge in [-0.05, 0) is 0 Å². The van der Waals surface area contributed by atoms with Crippen LogP contribution in [0.3, 0.4) is 0 Å². The zero-order valence-corrected chi connectivity index (χ0v) is 15.4. The normalized spacial score (nSPS) is 0. The van der Waals surface area contributed by atoms with E-state index in [2.05, 4.69) is 0 Å². The fourth-order valence-corrected chi connectivity index (χ4v) is 0. The maximum atomic E-state index is 0. The quantitative estimate of drug-likeness (QED) is 0.459. The summed E-state index contributed by atoms with van der Waals surface area (Å²) in [5, 5.41) is 0. The van der Waals surface area contributed by atoms with Gasteiger partial charge in [-0.1, -0.05) is 0 Å². The van der Waals surface area contributed by atoms with Crippen LogP contribution >= 0.6 is 0 Å². The molecule has 0 unspecified atom stereocenters. The van der Waals surface area contributed by atoms with Crippen molar-refractivity contribution in [2.45, 2.75) is 0 Å². The summed E-state index contributed by atoms with van der Waals surface area (Å²) in [5.41, 5.74) is 0. The molecule has 0 N–H and O–H groups in total. The molecular formula is InKLiNaSn. The van der Waals surface area contributed by atoms with E-state index in [9.17, 15) is 0 Å². The Hall–Kier alpha value is 4.90. The Morgan fingerprint density at radius 1 is 1.00 bits per heavy atom. The van der Waals surface area contributed by atoms with Crippen molar-refractivity contribution in [2.24, 2.45) is 0 Å². The van der Waals surface area contributed by atoms with E-state index in [0.29, 0.717) is 0 Å². The molecule has 0 saturated heterocycles. The molecule has 0 atom stereocenters. The first-order valence-electron chi connectivity index (χ1n) is 0. The summed E-state index contributed by atoms with van der Waals surface area (Å²) in [6, 6.07) is 0. The van der Waals surface area contributed by atoms with Gasteiger partial charge in [-0.25, -0.2) is 0 Å². The van der Waals surface area contributed by atoms with Crippen molar-refractivity contribution >= 4 is 150 Å². The van der Waals surface area contributed by atoms with Gasteiger partial charge in [-0.3, -0.25) is 0 Å². The van der Waals surface area contributed by atoms with Crippen molar-refractivity contribution in [1.29, 1.82) is 0 Å². The summed E-state index contributed by atoms with van der Waals surface area (Å²) in [6.45, 7) is 0. The Kier molecular flexibility index (Phi) is 151. The van der Waals surface area contributed by atoms with Crippen LogP contribution in [0.15, 0.2) is 0 Å². The average Bonchev–Trinajstić information content (AvgIpc) is 0. The molecule has 0 aromatic heterocycles. The second-order valence-electron chi connectivity index (χ2n) is 0. The van der Waals surface area contributed by atoms with Crippen LogP contribution in [-0.2, 0) is 0 Å². The first-order valence-corrected chi connectivity index (χ1v) is 0. The van der Waals surface area contributed by atoms with Crippen molar-refractivity contribution in [3.05, 3.63) is 0 Å². The van der Waals surface area contributed by atoms with E-state index in [1.165, 1.54) is 0 Å². The van der Waals surface area contributed by atoms with Crippen molar-refractivity contribution < 1.29 is 0 Å². The SMILES string of the molecule is [In].[K].[Li].[Na].[Sn]. The molecule has 0 aromatic carbocycles. The molecule has 0 rings (SSSR count). The largest absolute Gasteiger partial charge is 0 e. The summed E-state index contributed by atoms with van der Waals surface area (Å²) in [6.07, 6.45) is 0. The Balaban J connectivity index is 0. The minimum Gasteiger partial charge on any atom is 0 e. The molecule has 5 heavy (non-hydrogen) atoms. The van der Waals surface area contributed by atoms with Gasteiger partial charge in [0, 0.05) is 150 Å². The summed E-state index contributed by atoms with van der Waals surface area (Å²) in [7, 11) is 0. The van der Waals surface area contributed by atoms with Gasteiger partial charge in [0.15, 0.2) is 0 Å². The molecule has 0 amide bonds. The van der Waals surface area contributed by atoms with Gasteiger partial charge in [-0.2, -0.15) is 0 Å². The van der Waals surface area contributed by atoms with Gasteiger partial charge in [0.05, 0.1) is 0 Å². The maximum Gasteiger partial charge on any atom is 0 e. The van der Waals surface area contributed by atoms with Crippen LogP contribution in [0.1, 0.15) is 0 Å². The Morgan fingerprint density at radius 3 is 1.00 bits per heavy atom. The summed E-state index contributed by atoms with van der Waals surface area (Å²) in [5.74, 6) is 0. The standard InChI is InChI=1S/In.K.Li.Na.Sn. The third-order valence-electron chi connectivity index (χ3n) is 0. The van der Waals surface area contributed by atoms with Gasteiger partial charge in [-0.15, -0.1) is 0 Å². The molecule has 0 aromatic rings. The van der Waals surface area contributed by atoms with Crippen molar-refractivity contribution in [3.8, 4) is 0 Å². The zero-order chi connectivity index (χ0) is 0. The number of rotatable bonds is 0. The van der Waals surface area contributed by atoms with Crippen LogP contribution < -0.4 is 0 Å². The first-order chi connectivity index (χ1) is 0. The smallest absolute Gasteiger partial charge is 0 e. The molecule has 0 nitrogen and oxygen atoms in total. The second kappa shape index (κ2) is 23.1. The van der Waals surface area contributed by atoms with Crippen molar-refractivity contribution in [2.75, 3.05) is 0 Å². The summed E-state index contributed by atoms with van der Waals surface area (Å²) in [4.78, 5) is 0. The average molecular weight is 303 g/mol. The van der Waals surface area contributed by atoms with E-state index in [-0.39, 0.29) is 150 Å². The van der Waals surface area contributed by atoms with E-state index in [4.69, 9.17) is 0 Å². The van der Waals surface area contributed by atoms with Crippen LogP contribution in [0.5, 0.6) is 0 Å². The van der Waals surface area contributed by atoms with Crippen molar-refractivity contribution in [1.82, 2.24) is 0 Å². The van der Waals surface area contributed by atoms with E-state index in [1.807, 2.05) is 0 Å². The van der Waals surface area contributed by atoms with E-state index in [1.54, 1.807) is 0 Å². The monoisotopic (exact) mass is 304 g/mol. The van der Waals surface area contributed by atoms with E-state index in [0.717, 1.165) is 0 Å². The van der Waals surface area contributed by atoms with Gasteiger partial charge >= 0.3 is 0 Å². The third kappa shape index (κ3) is 17.6. The van der Waals surface area contributed by atoms with Crippen molar-refractivity contribution in [3.63, 3.8) is 0 Å². The van der Waals surface area contributed by atoms with Crippen LogP contribution in [-0.4, -0.2) is 150 Å². The predicted octanol–water partition coefficient (Wildman–Crippen LogP) is -1.90. The van der Waals surface area contributed by atoms with Gasteiger partial charge < -0.3 is 0 Å². The molecule has 0 bridgehead atoms. The molecule has 0 aliphatic rings. The van der Waals surface area contributed by atoms with E-state index < -0.39 is 0 Å². The second-order valence-corrected chi connectivity index (χ2v) is 0. The fourth-order valence-electron chi connectivity index (χ4n) is 0. The number of hydrogen-bond acceptors (Lipinski definition) is 0. The van der Waals surface area contributed by atoms with E-state index >= 15 is 0 Å². The molecule has 0 heterocycles. The number of hydrogen-bond donors (Lipinski definition) is 0. The van der Waals surface area contributed by atoms with Crippen LogP contribution in [0, 0.1) is 0 Å². The Morgan fingerprint density at radius 2 is 1.00 bits per heavy atom. The van der Waals surface area contributed by atoms with Crippen LogP contribution in [0.25, 0.3) is 0 Å². The molecular weight excluding hydrogens is 303 g/mol. The molecule has 0 saturated carbocycles. The molecule has 5 heteroatoms. The van der Waals surface area contributed by atoms with Gasteiger partial charge in [0.1, 0.15) is 0 Å². The minimum absolute atomic E-state index is 0. The molecule has 0 spiro atoms. The third-order valence-corrected chi connectivity index (χ3v) is 0. The molecule has 0 aliphatic heterocycles. The zero-order valence-electron chi connectivity index (χ0n) is 4.08. The molecule has 10 valence electrons. The Labute approximate surface area is 145 Å². The molecule has 0 aliphatic carbocycles. The van der Waals surface area contributed by atoms with Gasteiger partial charge in [0.2, 0.25) is 0 Å². The van der Waals surface area contributed by atoms with Crippen LogP contribution in [0.4, 0.5) is 0 Å². The topological polar surface area (TPSA) is 0 Å². The summed E-state index contributed by atoms with van der Waals surface area (Å²) < 4.78 is 0. The maximum absolute atomic E-state index is 0. The molecule has 0 fully saturated rings. The fraction of sp³-hybridized carbons (Fsp3) is 0. The summed E-state index contributed by atoms with van der Waals surface area (Å²) >= 11 is 0. The predicted molar refractivity (Wildman–Crippen MR) is 28.8 cm³/mol.